The second-order valence-corrected chi connectivity index (χ2v) is 7.70. The van der Waals surface area contributed by atoms with Crippen LogP contribution in [0.5, 0.6) is 0 Å². The second kappa shape index (κ2) is 12.3. The average Bonchev–Trinajstić information content (AvgIpc) is 3.09. The number of rotatable bonds is 5. The molecule has 3 atom stereocenters. The molecule has 2 N–H and O–H groups in total. The molecule has 4 rings (SSSR count). The highest BCUT2D eigenvalue weighted by Crippen LogP contribution is 2.33. The van der Waals surface area contributed by atoms with Crippen LogP contribution in [0.3, 0.4) is 0 Å². The Balaban J connectivity index is 0.000000860. The van der Waals surface area contributed by atoms with Crippen molar-refractivity contribution < 1.29 is 14.7 Å². The van der Waals surface area contributed by atoms with Crippen LogP contribution in [0.1, 0.15) is 45.6 Å². The van der Waals surface area contributed by atoms with Crippen LogP contribution in [-0.4, -0.2) is 41.0 Å². The van der Waals surface area contributed by atoms with Gasteiger partial charge in [-0.1, -0.05) is 80.6 Å². The zero-order chi connectivity index (χ0) is 23.7. The lowest BCUT2D eigenvalue weighted by Gasteiger charge is -2.30. The van der Waals surface area contributed by atoms with Gasteiger partial charge in [0.15, 0.2) is 0 Å². The SMILES string of the molecule is C=C/C(=C/C)CC1CCC2C(=O)N(Cc3cccc4ccccc34)C(=O)C2N1.CC.CO. The van der Waals surface area contributed by atoms with E-state index in [4.69, 9.17) is 5.11 Å². The average molecular weight is 437 g/mol. The monoisotopic (exact) mass is 436 g/mol. The summed E-state index contributed by atoms with van der Waals surface area (Å²) in [4.78, 5) is 27.5. The highest BCUT2D eigenvalue weighted by Gasteiger charge is 2.49. The Morgan fingerprint density at radius 1 is 1.09 bits per heavy atom. The van der Waals surface area contributed by atoms with Gasteiger partial charge < -0.3 is 10.4 Å². The Kier molecular flexibility index (Phi) is 9.82. The first-order valence-corrected chi connectivity index (χ1v) is 11.4. The number of imide groups is 1. The first-order chi connectivity index (χ1) is 15.6. The van der Waals surface area contributed by atoms with E-state index in [1.165, 1.54) is 10.5 Å². The number of aliphatic hydroxyl groups is 1. The first-order valence-electron chi connectivity index (χ1n) is 11.4. The first kappa shape index (κ1) is 25.5. The Morgan fingerprint density at radius 2 is 1.78 bits per heavy atom. The fourth-order valence-corrected chi connectivity index (χ4v) is 4.51. The third-order valence-electron chi connectivity index (χ3n) is 6.08. The molecule has 2 saturated heterocycles. The van der Waals surface area contributed by atoms with E-state index >= 15 is 0 Å². The van der Waals surface area contributed by atoms with E-state index in [1.807, 2.05) is 57.2 Å². The van der Waals surface area contributed by atoms with Crippen LogP contribution < -0.4 is 5.32 Å². The summed E-state index contributed by atoms with van der Waals surface area (Å²) in [7, 11) is 1.00. The number of likely N-dealkylation sites (tertiary alicyclic amines) is 1. The van der Waals surface area contributed by atoms with Gasteiger partial charge in [-0.2, -0.15) is 0 Å². The molecule has 2 fully saturated rings. The fourth-order valence-electron chi connectivity index (χ4n) is 4.51. The number of amides is 2. The summed E-state index contributed by atoms with van der Waals surface area (Å²) in [5, 5.41) is 12.7. The number of nitrogens with zero attached hydrogens (tertiary/aromatic N) is 1. The van der Waals surface area contributed by atoms with Crippen molar-refractivity contribution in [2.24, 2.45) is 5.92 Å². The molecule has 0 saturated carbocycles. The van der Waals surface area contributed by atoms with E-state index in [0.29, 0.717) is 6.54 Å². The molecule has 0 radical (unpaired) electrons. The molecule has 0 aliphatic carbocycles. The molecule has 3 unspecified atom stereocenters. The Labute approximate surface area is 191 Å². The number of fused-ring (bicyclic) bond motifs is 2. The highest BCUT2D eigenvalue weighted by atomic mass is 16.2. The lowest BCUT2D eigenvalue weighted by atomic mass is 9.87. The maximum atomic E-state index is 13.1. The van der Waals surface area contributed by atoms with Crippen molar-refractivity contribution in [1.82, 2.24) is 10.2 Å². The topological polar surface area (TPSA) is 69.6 Å². The number of carbonyl (C=O) groups excluding carboxylic acids is 2. The van der Waals surface area contributed by atoms with Crippen LogP contribution in [-0.2, 0) is 16.1 Å². The Hall–Kier alpha value is -2.76. The smallest absolute Gasteiger partial charge is 0.247 e. The zero-order valence-electron chi connectivity index (χ0n) is 19.7. The molecule has 2 amide bonds. The summed E-state index contributed by atoms with van der Waals surface area (Å²) in [5.41, 5.74) is 2.18. The molecular formula is C27H36N2O3. The number of benzene rings is 2. The maximum Gasteiger partial charge on any atom is 0.247 e. The summed E-state index contributed by atoms with van der Waals surface area (Å²) >= 11 is 0. The van der Waals surface area contributed by atoms with Crippen LogP contribution >= 0.6 is 0 Å². The number of aliphatic hydroxyl groups excluding tert-OH is 1. The van der Waals surface area contributed by atoms with Gasteiger partial charge in [0, 0.05) is 13.2 Å². The van der Waals surface area contributed by atoms with E-state index in [0.717, 1.165) is 42.7 Å². The predicted molar refractivity (Wildman–Crippen MR) is 131 cm³/mol. The number of carbonyl (C=O) groups is 2. The number of hydrogen-bond acceptors (Lipinski definition) is 4. The van der Waals surface area contributed by atoms with E-state index in [2.05, 4.69) is 30.1 Å². The van der Waals surface area contributed by atoms with Crippen molar-refractivity contribution in [1.29, 1.82) is 0 Å². The van der Waals surface area contributed by atoms with Crippen LogP contribution in [0.15, 0.2) is 66.8 Å². The van der Waals surface area contributed by atoms with Gasteiger partial charge in [0.05, 0.1) is 18.5 Å². The third kappa shape index (κ3) is 5.34. The van der Waals surface area contributed by atoms with Crippen molar-refractivity contribution in [2.45, 2.75) is 58.7 Å². The molecule has 5 heteroatoms. The predicted octanol–water partition coefficient (Wildman–Crippen LogP) is 4.60. The lowest BCUT2D eigenvalue weighted by Crippen LogP contribution is -2.49. The minimum Gasteiger partial charge on any atom is -0.400 e. The largest absolute Gasteiger partial charge is 0.400 e. The molecular weight excluding hydrogens is 400 g/mol. The molecule has 0 bridgehead atoms. The van der Waals surface area contributed by atoms with Crippen LogP contribution in [0.2, 0.25) is 0 Å². The molecule has 172 valence electrons. The summed E-state index contributed by atoms with van der Waals surface area (Å²) in [5.74, 6) is -0.367. The number of piperidine rings is 1. The van der Waals surface area contributed by atoms with E-state index in [1.54, 1.807) is 0 Å². The van der Waals surface area contributed by atoms with Gasteiger partial charge in [-0.05, 0) is 42.5 Å². The van der Waals surface area contributed by atoms with Gasteiger partial charge in [0.2, 0.25) is 11.8 Å². The third-order valence-corrected chi connectivity index (χ3v) is 6.08. The molecule has 2 aliphatic heterocycles. The molecule has 2 aromatic rings. The number of nitrogens with one attached hydrogen (secondary N) is 1. The van der Waals surface area contributed by atoms with Crippen LogP contribution in [0.4, 0.5) is 0 Å². The van der Waals surface area contributed by atoms with E-state index in [-0.39, 0.29) is 23.8 Å². The quantitative estimate of drug-likeness (QED) is 0.531. The van der Waals surface area contributed by atoms with E-state index < -0.39 is 6.04 Å². The molecule has 0 spiro atoms. The van der Waals surface area contributed by atoms with Gasteiger partial charge in [-0.3, -0.25) is 14.5 Å². The van der Waals surface area contributed by atoms with Crippen molar-refractivity contribution in [3.63, 3.8) is 0 Å². The fraction of sp³-hybridized carbons (Fsp3) is 0.407. The molecule has 2 aromatic carbocycles. The maximum absolute atomic E-state index is 13.1. The summed E-state index contributed by atoms with van der Waals surface area (Å²) in [6, 6.07) is 13.9. The van der Waals surface area contributed by atoms with Crippen LogP contribution in [0.25, 0.3) is 10.8 Å². The molecule has 5 nitrogen and oxygen atoms in total. The second-order valence-electron chi connectivity index (χ2n) is 7.70. The van der Waals surface area contributed by atoms with Crippen molar-refractivity contribution in [3.8, 4) is 0 Å². The van der Waals surface area contributed by atoms with Gasteiger partial charge in [-0.15, -0.1) is 0 Å². The molecule has 32 heavy (non-hydrogen) atoms. The summed E-state index contributed by atoms with van der Waals surface area (Å²) in [6.45, 7) is 10.2. The van der Waals surface area contributed by atoms with Crippen LogP contribution in [0, 0.1) is 5.92 Å². The van der Waals surface area contributed by atoms with Crippen molar-refractivity contribution in [2.75, 3.05) is 7.11 Å². The molecule has 2 heterocycles. The summed E-state index contributed by atoms with van der Waals surface area (Å²) < 4.78 is 0. The van der Waals surface area contributed by atoms with E-state index in [9.17, 15) is 9.59 Å². The normalized spacial score (nSPS) is 22.5. The van der Waals surface area contributed by atoms with Gasteiger partial charge in [0.25, 0.3) is 0 Å². The molecule has 0 aromatic heterocycles. The van der Waals surface area contributed by atoms with Crippen molar-refractivity contribution >= 4 is 22.6 Å². The van der Waals surface area contributed by atoms with Gasteiger partial charge >= 0.3 is 0 Å². The van der Waals surface area contributed by atoms with Gasteiger partial charge in [-0.25, -0.2) is 0 Å². The number of allylic oxidation sites excluding steroid dienone is 2. The van der Waals surface area contributed by atoms with Gasteiger partial charge in [0.1, 0.15) is 0 Å². The standard InChI is InChI=1S/C24H26N2O2.C2H6.CH4O/c1-3-16(4-2)14-19-12-13-21-22(25-19)24(28)26(23(21)27)15-18-10-7-9-17-8-5-6-11-20(17)18;2*1-2/h3-11,19,21-22,25H,1,12-15H2,2H3;1-2H3;2H,1H3/b16-4-;;. The zero-order valence-corrected chi connectivity index (χ0v) is 19.7. The Morgan fingerprint density at radius 3 is 2.47 bits per heavy atom. The minimum atomic E-state index is -0.399. The molecule has 2 aliphatic rings. The lowest BCUT2D eigenvalue weighted by molar-refractivity contribution is -0.140. The minimum absolute atomic E-state index is 0.0381. The highest BCUT2D eigenvalue weighted by molar-refractivity contribution is 6.07. The van der Waals surface area contributed by atoms with Crippen molar-refractivity contribution in [3.05, 3.63) is 72.3 Å². The summed E-state index contributed by atoms with van der Waals surface area (Å²) in [6.07, 6.45) is 6.41. The Bertz CT molecular complexity index is 961. The number of hydrogen-bond donors (Lipinski definition) is 2.